The molecule has 0 aromatic carbocycles. The maximum atomic E-state index is 12.6. The van der Waals surface area contributed by atoms with Crippen molar-refractivity contribution in [1.82, 2.24) is 10.2 Å². The normalized spacial score (nSPS) is 29.2. The van der Waals surface area contributed by atoms with Crippen LogP contribution < -0.4 is 66.6 Å². The summed E-state index contributed by atoms with van der Waals surface area (Å²) in [4.78, 5) is 63.5. The Bertz CT molecular complexity index is 2650. The molecule has 482 valence electrons. The summed E-state index contributed by atoms with van der Waals surface area (Å²) < 4.78 is 8.82. The Balaban J connectivity index is 0.000000290. The van der Waals surface area contributed by atoms with E-state index in [4.69, 9.17) is 4.74 Å². The van der Waals surface area contributed by atoms with Gasteiger partial charge in [-0.05, 0) is 141 Å². The fourth-order valence-electron chi connectivity index (χ4n) is 15.9. The number of amides is 2. The molecule has 4 saturated carbocycles. The smallest absolute Gasteiger partial charge is 1.00 e. The molecule has 0 unspecified atom stereocenters. The van der Waals surface area contributed by atoms with Gasteiger partial charge in [0.2, 0.25) is 5.91 Å². The minimum atomic E-state index is -1.37. The molecule has 6 aliphatic rings. The van der Waals surface area contributed by atoms with Crippen molar-refractivity contribution in [3.8, 4) is 0 Å². The monoisotopic (exact) mass is 1320 g/mol. The number of ether oxygens (including phenoxy) is 1. The summed E-state index contributed by atoms with van der Waals surface area (Å²) in [5.74, 6) is -2.82. The number of hydrogen-bond acceptors (Lipinski definition) is 12. The minimum absolute atomic E-state index is 0. The average molecular weight is 1320 g/mol. The zero-order valence-corrected chi connectivity index (χ0v) is 60.2. The number of aliphatic hydroxyl groups excluding tert-OH is 2. The summed E-state index contributed by atoms with van der Waals surface area (Å²) >= 11 is 2.93. The van der Waals surface area contributed by atoms with Gasteiger partial charge in [-0.15, -0.1) is 23.1 Å². The van der Waals surface area contributed by atoms with E-state index in [0.29, 0.717) is 55.0 Å². The van der Waals surface area contributed by atoms with Crippen molar-refractivity contribution in [1.29, 1.82) is 0 Å². The second-order valence-electron chi connectivity index (χ2n) is 27.7. The first-order chi connectivity index (χ1) is 40.3. The van der Waals surface area contributed by atoms with E-state index in [9.17, 15) is 44.4 Å². The standard InChI is InChI=1S/C31H48O6.C19H17N3O4S2.C19H42N.BrH.Na/c1-17(2)9-8-10-20(28(35)36)26-22-15-24(34)27-29(5)13-12-23(33)18(3)21(29)11-14-30(27,6)31(22,7)16-25(26)37-19(4)32;23-14(9-13-5-4-8-27-13)20-15-17(24)22-16(19(25)26)12(11-28-18(15)22)10-21-6-2-1-3-7-21;1-5-6-7-8-9-10-11-12-13-14-15-16-17-18-19-20(2,3)4;;/h9,18,21-25,27,33-34H,8,10-16H2,1-7H3,(H,35,36);1-8,15,18H,9-11H2,(H-,20,23,25,26);5-19H2,1-4H3;1H;/q;;+1;;+1/p-2/b26-20-;;;;/t18-,21-,22-,23+,24+,25-,27-,29-,30-,31-;15-,18-;;;/m01.../s1. The van der Waals surface area contributed by atoms with Crippen molar-refractivity contribution >= 4 is 52.8 Å². The van der Waals surface area contributed by atoms with E-state index in [2.05, 4.69) is 61.1 Å². The van der Waals surface area contributed by atoms with Crippen molar-refractivity contribution in [2.45, 2.75) is 239 Å². The number of carbonyl (C=O) groups is 5. The van der Waals surface area contributed by atoms with E-state index in [-0.39, 0.29) is 110 Å². The number of quaternary nitrogens is 1. The number of rotatable bonds is 26. The third-order valence-corrected chi connectivity index (χ3v) is 22.6. The SMILES string of the molecule is CC(=O)O[C@H]1C[C@@]2(C)[C@@H](C[C@@H](O)[C@H]3[C@@]4(C)CC[C@@H](O)[C@@H](C)[C@@H]4CC[C@@]32C)/C1=C(\CCC=C(C)C)C(=O)[O-].CCCCCCCCCCCCCCCC[N+](C)(C)C.O=C(Cc1cccs1)N[C@@H]1C(=O)N2C(C(=O)[O-])=C(C[n+]3ccccc3)CS[C@H]12.[Br-].[Na+]. The second kappa shape index (κ2) is 35.2. The van der Waals surface area contributed by atoms with E-state index >= 15 is 0 Å². The number of thioether (sulfide) groups is 1. The molecule has 18 heteroatoms. The zero-order chi connectivity index (χ0) is 62.3. The number of halogens is 1. The Morgan fingerprint density at radius 3 is 2.00 bits per heavy atom. The molecule has 12 atom stereocenters. The molecule has 2 amide bonds. The van der Waals surface area contributed by atoms with Gasteiger partial charge in [-0.25, -0.2) is 4.57 Å². The van der Waals surface area contributed by atoms with Gasteiger partial charge in [-0.2, -0.15) is 0 Å². The number of aliphatic carboxylic acids is 2. The summed E-state index contributed by atoms with van der Waals surface area (Å²) in [6, 6.07) is 8.59. The molecule has 1 saturated heterocycles. The Morgan fingerprint density at radius 2 is 1.46 bits per heavy atom. The number of aliphatic hydroxyl groups is 2. The molecule has 14 nitrogen and oxygen atoms in total. The number of hydrogen-bond donors (Lipinski definition) is 3. The van der Waals surface area contributed by atoms with Gasteiger partial charge in [0.25, 0.3) is 5.91 Å². The predicted octanol–water partition coefficient (Wildman–Crippen LogP) is 4.20. The zero-order valence-electron chi connectivity index (χ0n) is 55.0. The number of allylic oxidation sites excluding steroid dienone is 2. The van der Waals surface area contributed by atoms with Crippen LogP contribution in [0.3, 0.4) is 0 Å². The Kier molecular flexibility index (Phi) is 31.0. The summed E-state index contributed by atoms with van der Waals surface area (Å²) in [6.07, 6.45) is 30.2. The van der Waals surface area contributed by atoms with Crippen LogP contribution in [0.2, 0.25) is 0 Å². The van der Waals surface area contributed by atoms with Crippen molar-refractivity contribution < 1.29 is 105 Å². The molecule has 5 fully saturated rings. The third kappa shape index (κ3) is 19.8. The summed E-state index contributed by atoms with van der Waals surface area (Å²) in [6.45, 7) is 18.3. The van der Waals surface area contributed by atoms with Crippen LogP contribution in [0.15, 0.2) is 82.2 Å². The first-order valence-corrected chi connectivity index (χ1v) is 34.3. The maximum Gasteiger partial charge on any atom is 1.00 e. The number of pyridine rings is 1. The largest absolute Gasteiger partial charge is 1.00 e. The molecule has 0 radical (unpaired) electrons. The number of carboxylic acid groups (broad SMARTS) is 2. The Morgan fingerprint density at radius 1 is 0.851 bits per heavy atom. The maximum absolute atomic E-state index is 12.6. The van der Waals surface area contributed by atoms with Crippen LogP contribution in [-0.4, -0.2) is 112 Å². The predicted molar refractivity (Wildman–Crippen MR) is 335 cm³/mol. The fourth-order valence-corrected chi connectivity index (χ4v) is 17.9. The molecule has 2 aliphatic heterocycles. The Hall–Kier alpha value is -2.87. The average Bonchev–Trinajstić information content (AvgIpc) is 1.68. The molecule has 0 spiro atoms. The van der Waals surface area contributed by atoms with Crippen LogP contribution >= 0.6 is 23.1 Å². The number of carboxylic acids is 2. The van der Waals surface area contributed by atoms with Crippen LogP contribution in [0.1, 0.15) is 202 Å². The molecular weight excluding hydrogens is 1210 g/mol. The summed E-state index contributed by atoms with van der Waals surface area (Å²) in [5.41, 5.74) is 1.86. The molecule has 3 N–H and O–H groups in total. The summed E-state index contributed by atoms with van der Waals surface area (Å²) in [5, 5.41) is 51.0. The van der Waals surface area contributed by atoms with Crippen LogP contribution in [0.5, 0.6) is 0 Å². The van der Waals surface area contributed by atoms with Crippen molar-refractivity contribution in [3.63, 3.8) is 0 Å². The van der Waals surface area contributed by atoms with Crippen LogP contribution in [0, 0.1) is 39.9 Å². The molecule has 4 aliphatic carbocycles. The van der Waals surface area contributed by atoms with Crippen molar-refractivity contribution in [2.75, 3.05) is 33.4 Å². The van der Waals surface area contributed by atoms with E-state index in [0.717, 1.165) is 40.6 Å². The number of unbranched alkanes of at least 4 members (excludes halogenated alkanes) is 13. The molecule has 0 bridgehead atoms. The quantitative estimate of drug-likeness (QED) is 0.0178. The van der Waals surface area contributed by atoms with Crippen LogP contribution in [0.25, 0.3) is 0 Å². The number of nitrogens with zero attached hydrogens (tertiary/aromatic N) is 3. The number of aromatic nitrogens is 1. The number of fused-ring (bicyclic) bond motifs is 6. The second-order valence-corrected chi connectivity index (χ2v) is 29.9. The van der Waals surface area contributed by atoms with Gasteiger partial charge in [0, 0.05) is 35.3 Å². The van der Waals surface area contributed by atoms with Gasteiger partial charge in [0.05, 0.1) is 64.0 Å². The van der Waals surface area contributed by atoms with Gasteiger partial charge in [0.1, 0.15) is 17.5 Å². The van der Waals surface area contributed by atoms with E-state index < -0.39 is 47.4 Å². The van der Waals surface area contributed by atoms with Crippen LogP contribution in [0.4, 0.5) is 0 Å². The molecular formula is C69H106BrN4NaO10S2. The van der Waals surface area contributed by atoms with Gasteiger partial charge < -0.3 is 61.5 Å². The molecule has 2 aromatic rings. The van der Waals surface area contributed by atoms with Crippen molar-refractivity contribution in [2.24, 2.45) is 39.9 Å². The van der Waals surface area contributed by atoms with Crippen molar-refractivity contribution in [3.05, 3.63) is 87.0 Å². The molecule has 2 aromatic heterocycles. The van der Waals surface area contributed by atoms with E-state index in [1.807, 2.05) is 72.6 Å². The minimum Gasteiger partial charge on any atom is -1.00 e. The van der Waals surface area contributed by atoms with Gasteiger partial charge in [-0.1, -0.05) is 135 Å². The molecule has 8 rings (SSSR count). The number of thiophene rings is 1. The first-order valence-electron chi connectivity index (χ1n) is 32.3. The van der Waals surface area contributed by atoms with Gasteiger partial charge >= 0.3 is 35.5 Å². The number of esters is 1. The Labute approximate surface area is 563 Å². The number of carbonyl (C=O) groups excluding carboxylic acids is 5. The first kappa shape index (κ1) is 76.6. The fraction of sp³-hybridized carbons (Fsp3) is 0.710. The van der Waals surface area contributed by atoms with Gasteiger partial charge in [0.15, 0.2) is 18.9 Å². The van der Waals surface area contributed by atoms with Gasteiger partial charge in [-0.3, -0.25) is 19.3 Å². The molecule has 4 heterocycles. The van der Waals surface area contributed by atoms with Crippen LogP contribution in [-0.2, 0) is 41.7 Å². The molecule has 87 heavy (non-hydrogen) atoms. The van der Waals surface area contributed by atoms with E-state index in [1.165, 1.54) is 131 Å². The number of nitrogens with one attached hydrogen (secondary N) is 1. The third-order valence-electron chi connectivity index (χ3n) is 20.4. The topological polar surface area (TPSA) is 200 Å². The summed E-state index contributed by atoms with van der Waals surface area (Å²) in [7, 11) is 6.88. The number of β-lactam (4-membered cyclic amide) rings is 1. The van der Waals surface area contributed by atoms with E-state index in [1.54, 1.807) is 0 Å².